The van der Waals surface area contributed by atoms with E-state index < -0.39 is 0 Å². The lowest BCUT2D eigenvalue weighted by atomic mass is 10.0. The third-order valence-electron chi connectivity index (χ3n) is 1.77. The Morgan fingerprint density at radius 2 is 1.78 bits per heavy atom. The van der Waals surface area contributed by atoms with Gasteiger partial charge in [0.2, 0.25) is 0 Å². The van der Waals surface area contributed by atoms with Crippen LogP contribution in [0.1, 0.15) is 40.0 Å². The smallest absolute Gasteiger partial charge is 0.0512 e. The summed E-state index contributed by atoms with van der Waals surface area (Å²) < 4.78 is 0. The van der Waals surface area contributed by atoms with Crippen LogP contribution in [0.25, 0.3) is 0 Å². The molecule has 0 rings (SSSR count). The summed E-state index contributed by atoms with van der Waals surface area (Å²) in [5, 5.41) is 8.90. The van der Waals surface area contributed by atoms with Crippen LogP contribution in [0.4, 0.5) is 0 Å². The van der Waals surface area contributed by atoms with Gasteiger partial charge in [0.05, 0.1) is 6.10 Å². The summed E-state index contributed by atoms with van der Waals surface area (Å²) in [7, 11) is 0. The van der Waals surface area contributed by atoms with Crippen molar-refractivity contribution in [3.05, 3.63) is 0 Å². The SMILES string of the molecule is CCC(C)CCC(C)O. The lowest BCUT2D eigenvalue weighted by Crippen LogP contribution is -2.02. The molecule has 0 bridgehead atoms. The number of aliphatic hydroxyl groups is 1. The van der Waals surface area contributed by atoms with Gasteiger partial charge in [-0.15, -0.1) is 0 Å². The second-order valence-corrected chi connectivity index (χ2v) is 2.94. The van der Waals surface area contributed by atoms with Gasteiger partial charge in [0.15, 0.2) is 0 Å². The van der Waals surface area contributed by atoms with Gasteiger partial charge in [-0.3, -0.25) is 0 Å². The second-order valence-electron chi connectivity index (χ2n) is 2.94. The number of hydrogen-bond acceptors (Lipinski definition) is 1. The average molecular weight is 130 g/mol. The monoisotopic (exact) mass is 130 g/mol. The first-order valence-corrected chi connectivity index (χ1v) is 3.84. The maximum absolute atomic E-state index is 8.90. The third kappa shape index (κ3) is 5.84. The van der Waals surface area contributed by atoms with Crippen molar-refractivity contribution in [2.75, 3.05) is 0 Å². The molecular formula is C8H18O. The predicted octanol–water partition coefficient (Wildman–Crippen LogP) is 2.19. The first-order chi connectivity index (χ1) is 4.16. The van der Waals surface area contributed by atoms with Crippen LogP contribution in [0.2, 0.25) is 0 Å². The van der Waals surface area contributed by atoms with Gasteiger partial charge in [0.25, 0.3) is 0 Å². The lowest BCUT2D eigenvalue weighted by molar-refractivity contribution is 0.174. The van der Waals surface area contributed by atoms with Gasteiger partial charge >= 0.3 is 0 Å². The predicted molar refractivity (Wildman–Crippen MR) is 40.4 cm³/mol. The normalized spacial score (nSPS) is 17.3. The van der Waals surface area contributed by atoms with Crippen LogP contribution in [-0.4, -0.2) is 11.2 Å². The van der Waals surface area contributed by atoms with Crippen LogP contribution < -0.4 is 0 Å². The highest BCUT2D eigenvalue weighted by Crippen LogP contribution is 2.10. The van der Waals surface area contributed by atoms with E-state index in [1.807, 2.05) is 6.92 Å². The zero-order valence-corrected chi connectivity index (χ0v) is 6.72. The fourth-order valence-electron chi connectivity index (χ4n) is 0.730. The maximum atomic E-state index is 8.90. The standard InChI is InChI=1S/C8H18O/c1-4-7(2)5-6-8(3)9/h7-9H,4-6H2,1-3H3. The van der Waals surface area contributed by atoms with Crippen LogP contribution in [0, 0.1) is 5.92 Å². The molecule has 0 amide bonds. The molecular weight excluding hydrogens is 112 g/mol. The molecule has 0 aliphatic carbocycles. The Morgan fingerprint density at radius 1 is 1.22 bits per heavy atom. The van der Waals surface area contributed by atoms with E-state index in [0.717, 1.165) is 18.8 Å². The third-order valence-corrected chi connectivity index (χ3v) is 1.77. The van der Waals surface area contributed by atoms with E-state index in [9.17, 15) is 0 Å². The molecule has 0 aromatic rings. The summed E-state index contributed by atoms with van der Waals surface area (Å²) in [6, 6.07) is 0. The fraction of sp³-hybridized carbons (Fsp3) is 1.00. The summed E-state index contributed by atoms with van der Waals surface area (Å²) in [4.78, 5) is 0. The van der Waals surface area contributed by atoms with Crippen molar-refractivity contribution in [3.8, 4) is 0 Å². The van der Waals surface area contributed by atoms with E-state index in [2.05, 4.69) is 13.8 Å². The molecule has 0 aliphatic heterocycles. The van der Waals surface area contributed by atoms with Crippen molar-refractivity contribution in [3.63, 3.8) is 0 Å². The quantitative estimate of drug-likeness (QED) is 0.618. The van der Waals surface area contributed by atoms with Gasteiger partial charge < -0.3 is 5.11 Å². The topological polar surface area (TPSA) is 20.2 Å². The van der Waals surface area contributed by atoms with Gasteiger partial charge in [0.1, 0.15) is 0 Å². The van der Waals surface area contributed by atoms with Crippen LogP contribution in [0.3, 0.4) is 0 Å². The van der Waals surface area contributed by atoms with Crippen LogP contribution in [0.15, 0.2) is 0 Å². The van der Waals surface area contributed by atoms with Crippen LogP contribution >= 0.6 is 0 Å². The van der Waals surface area contributed by atoms with Crippen molar-refractivity contribution < 1.29 is 5.11 Å². The molecule has 0 heterocycles. The van der Waals surface area contributed by atoms with Gasteiger partial charge in [-0.1, -0.05) is 20.3 Å². The molecule has 0 fully saturated rings. The molecule has 0 saturated heterocycles. The summed E-state index contributed by atoms with van der Waals surface area (Å²) in [5.74, 6) is 0.777. The molecule has 0 saturated carbocycles. The molecule has 1 heteroatoms. The summed E-state index contributed by atoms with van der Waals surface area (Å²) >= 11 is 0. The van der Waals surface area contributed by atoms with Gasteiger partial charge in [0, 0.05) is 0 Å². The Labute approximate surface area is 58.1 Å². The zero-order chi connectivity index (χ0) is 7.28. The van der Waals surface area contributed by atoms with Gasteiger partial charge in [-0.25, -0.2) is 0 Å². The molecule has 56 valence electrons. The van der Waals surface area contributed by atoms with E-state index in [-0.39, 0.29) is 6.10 Å². The molecule has 0 radical (unpaired) electrons. The Kier molecular flexibility index (Phi) is 4.78. The summed E-state index contributed by atoms with van der Waals surface area (Å²) in [6.45, 7) is 6.26. The molecule has 0 spiro atoms. The fourth-order valence-corrected chi connectivity index (χ4v) is 0.730. The Hall–Kier alpha value is -0.0400. The second kappa shape index (κ2) is 4.80. The number of aliphatic hydroxyl groups excluding tert-OH is 1. The largest absolute Gasteiger partial charge is 0.393 e. The minimum atomic E-state index is -0.112. The molecule has 1 N–H and O–H groups in total. The Morgan fingerprint density at radius 3 is 2.11 bits per heavy atom. The van der Waals surface area contributed by atoms with Crippen molar-refractivity contribution in [1.29, 1.82) is 0 Å². The first-order valence-electron chi connectivity index (χ1n) is 3.84. The first kappa shape index (κ1) is 8.96. The zero-order valence-electron chi connectivity index (χ0n) is 6.72. The van der Waals surface area contributed by atoms with E-state index in [0.29, 0.717) is 0 Å². The highest BCUT2D eigenvalue weighted by atomic mass is 16.3. The van der Waals surface area contributed by atoms with E-state index in [1.54, 1.807) is 0 Å². The lowest BCUT2D eigenvalue weighted by Gasteiger charge is -2.08. The molecule has 9 heavy (non-hydrogen) atoms. The minimum Gasteiger partial charge on any atom is -0.393 e. The number of hydrogen-bond donors (Lipinski definition) is 1. The van der Waals surface area contributed by atoms with Crippen LogP contribution in [0.5, 0.6) is 0 Å². The van der Waals surface area contributed by atoms with Gasteiger partial charge in [-0.2, -0.15) is 0 Å². The molecule has 2 atom stereocenters. The van der Waals surface area contributed by atoms with E-state index in [4.69, 9.17) is 5.11 Å². The molecule has 2 unspecified atom stereocenters. The van der Waals surface area contributed by atoms with Crippen molar-refractivity contribution in [1.82, 2.24) is 0 Å². The molecule has 0 aromatic carbocycles. The average Bonchev–Trinajstić information content (AvgIpc) is 1.83. The minimum absolute atomic E-state index is 0.112. The Balaban J connectivity index is 3.06. The summed E-state index contributed by atoms with van der Waals surface area (Å²) in [5.41, 5.74) is 0. The number of rotatable bonds is 4. The highest BCUT2D eigenvalue weighted by Gasteiger charge is 2.00. The van der Waals surface area contributed by atoms with Gasteiger partial charge in [-0.05, 0) is 25.7 Å². The van der Waals surface area contributed by atoms with Crippen molar-refractivity contribution in [2.24, 2.45) is 5.92 Å². The van der Waals surface area contributed by atoms with E-state index >= 15 is 0 Å². The maximum Gasteiger partial charge on any atom is 0.0512 e. The molecule has 0 aliphatic rings. The molecule has 0 aromatic heterocycles. The van der Waals surface area contributed by atoms with Crippen LogP contribution in [-0.2, 0) is 0 Å². The van der Waals surface area contributed by atoms with Crippen molar-refractivity contribution >= 4 is 0 Å². The van der Waals surface area contributed by atoms with E-state index in [1.165, 1.54) is 6.42 Å². The highest BCUT2D eigenvalue weighted by molar-refractivity contribution is 4.53. The molecule has 1 nitrogen and oxygen atoms in total. The Bertz CT molecular complexity index is 59.6. The van der Waals surface area contributed by atoms with Crippen molar-refractivity contribution in [2.45, 2.75) is 46.1 Å². The summed E-state index contributed by atoms with van der Waals surface area (Å²) in [6.07, 6.45) is 3.23.